The Bertz CT molecular complexity index is 1750. The third-order valence-electron chi connectivity index (χ3n) is 7.20. The van der Waals surface area contributed by atoms with E-state index in [1.54, 1.807) is 55.5 Å². The van der Waals surface area contributed by atoms with Gasteiger partial charge in [0.15, 0.2) is 6.10 Å². The first kappa shape index (κ1) is 30.9. The van der Waals surface area contributed by atoms with Crippen LogP contribution in [0.5, 0.6) is 11.5 Å². The molecule has 0 bridgehead atoms. The van der Waals surface area contributed by atoms with Gasteiger partial charge in [-0.25, -0.2) is 8.42 Å². The van der Waals surface area contributed by atoms with Gasteiger partial charge in [0.05, 0.1) is 25.0 Å². The highest BCUT2D eigenvalue weighted by molar-refractivity contribution is 7.93. The molecular formula is C33H32ClN3O6S. The Balaban J connectivity index is 1.43. The van der Waals surface area contributed by atoms with Crippen LogP contribution in [0.25, 0.3) is 0 Å². The maximum absolute atomic E-state index is 14.2. The molecule has 1 aliphatic rings. The molecule has 0 aromatic heterocycles. The van der Waals surface area contributed by atoms with E-state index in [0.29, 0.717) is 35.0 Å². The molecule has 0 fully saturated rings. The van der Waals surface area contributed by atoms with E-state index in [1.807, 2.05) is 30.3 Å². The predicted molar refractivity (Wildman–Crippen MR) is 170 cm³/mol. The van der Waals surface area contributed by atoms with Crippen molar-refractivity contribution in [1.29, 1.82) is 0 Å². The lowest BCUT2D eigenvalue weighted by Crippen LogP contribution is -2.53. The van der Waals surface area contributed by atoms with Crippen LogP contribution in [0.1, 0.15) is 11.1 Å². The molecule has 4 aromatic carbocycles. The summed E-state index contributed by atoms with van der Waals surface area (Å²) in [6.07, 6.45) is -0.364. The van der Waals surface area contributed by atoms with E-state index in [9.17, 15) is 18.0 Å². The lowest BCUT2D eigenvalue weighted by atomic mass is 10.1. The molecule has 0 radical (unpaired) electrons. The van der Waals surface area contributed by atoms with Gasteiger partial charge in [0.25, 0.3) is 15.9 Å². The zero-order valence-corrected chi connectivity index (χ0v) is 25.8. The van der Waals surface area contributed by atoms with Crippen LogP contribution in [0.3, 0.4) is 0 Å². The Kier molecular flexibility index (Phi) is 9.41. The van der Waals surface area contributed by atoms with Crippen LogP contribution in [0.4, 0.5) is 11.4 Å². The number of aryl methyl sites for hydroxylation is 1. The first-order valence-electron chi connectivity index (χ1n) is 14.0. The highest BCUT2D eigenvalue weighted by Crippen LogP contribution is 2.35. The molecule has 0 spiro atoms. The Hall–Kier alpha value is -4.54. The van der Waals surface area contributed by atoms with Crippen LogP contribution in [-0.2, 0) is 26.0 Å². The number of methoxy groups -OCH3 is 1. The van der Waals surface area contributed by atoms with Crippen molar-refractivity contribution in [2.75, 3.05) is 35.9 Å². The first-order chi connectivity index (χ1) is 21.2. The second-order valence-corrected chi connectivity index (χ2v) is 12.5. The highest BCUT2D eigenvalue weighted by atomic mass is 35.5. The third-order valence-corrected chi connectivity index (χ3v) is 9.25. The number of carbonyl (C=O) groups excluding carboxylic acids is 2. The molecule has 228 valence electrons. The van der Waals surface area contributed by atoms with Gasteiger partial charge in [-0.1, -0.05) is 60.1 Å². The standard InChI is InChI=1S/C33H32ClN3O6S/c1-23-12-17-29(42-2)31(20-23)44(40,41)37(26-15-13-25(34)14-16-26)22-32(38)36-21-30(43-28-11-7-6-10-27(28)36)33(39)35-19-18-24-8-4-3-5-9-24/h3-17,20,30H,18-19,21-22H2,1-2H3,(H,35,39)/t30-/m1/s1. The van der Waals surface area contributed by atoms with E-state index in [2.05, 4.69) is 5.32 Å². The van der Waals surface area contributed by atoms with Crippen LogP contribution in [0, 0.1) is 6.92 Å². The summed E-state index contributed by atoms with van der Waals surface area (Å²) >= 11 is 6.10. The average molecular weight is 634 g/mol. The zero-order valence-electron chi connectivity index (χ0n) is 24.3. The second kappa shape index (κ2) is 13.4. The molecule has 0 aliphatic carbocycles. The van der Waals surface area contributed by atoms with Crippen molar-refractivity contribution in [2.24, 2.45) is 0 Å². The maximum atomic E-state index is 14.2. The quantitative estimate of drug-likeness (QED) is 0.263. The summed E-state index contributed by atoms with van der Waals surface area (Å²) in [6.45, 7) is 1.50. The van der Waals surface area contributed by atoms with E-state index >= 15 is 0 Å². The Morgan fingerprint density at radius 3 is 2.43 bits per heavy atom. The number of fused-ring (bicyclic) bond motifs is 1. The number of nitrogens with zero attached hydrogens (tertiary/aromatic N) is 2. The largest absolute Gasteiger partial charge is 0.495 e. The number of sulfonamides is 1. The minimum absolute atomic E-state index is 0.0826. The van der Waals surface area contributed by atoms with Crippen molar-refractivity contribution in [2.45, 2.75) is 24.3 Å². The van der Waals surface area contributed by atoms with Gasteiger partial charge in [-0.05, 0) is 73.0 Å². The smallest absolute Gasteiger partial charge is 0.268 e. The number of benzene rings is 4. The second-order valence-electron chi connectivity index (χ2n) is 10.2. The van der Waals surface area contributed by atoms with Crippen molar-refractivity contribution in [3.63, 3.8) is 0 Å². The van der Waals surface area contributed by atoms with E-state index in [1.165, 1.54) is 30.2 Å². The Labute approximate surface area is 262 Å². The summed E-state index contributed by atoms with van der Waals surface area (Å²) in [5, 5.41) is 3.30. The van der Waals surface area contributed by atoms with Crippen molar-refractivity contribution in [3.05, 3.63) is 113 Å². The molecule has 9 nitrogen and oxygen atoms in total. The monoisotopic (exact) mass is 633 g/mol. The number of hydrogen-bond donors (Lipinski definition) is 1. The predicted octanol–water partition coefficient (Wildman–Crippen LogP) is 5.01. The first-order valence-corrected chi connectivity index (χ1v) is 15.8. The molecule has 0 unspecified atom stereocenters. The summed E-state index contributed by atoms with van der Waals surface area (Å²) in [7, 11) is -2.92. The Morgan fingerprint density at radius 1 is 1.00 bits per heavy atom. The average Bonchev–Trinajstić information content (AvgIpc) is 3.03. The maximum Gasteiger partial charge on any atom is 0.268 e. The van der Waals surface area contributed by atoms with E-state index in [-0.39, 0.29) is 28.8 Å². The molecule has 11 heteroatoms. The van der Waals surface area contributed by atoms with Gasteiger partial charge in [-0.2, -0.15) is 0 Å². The fourth-order valence-corrected chi connectivity index (χ4v) is 6.71. The van der Waals surface area contributed by atoms with Crippen molar-refractivity contribution in [3.8, 4) is 11.5 Å². The zero-order chi connectivity index (χ0) is 31.3. The number of hydrogen-bond acceptors (Lipinski definition) is 6. The number of ether oxygens (including phenoxy) is 2. The lowest BCUT2D eigenvalue weighted by molar-refractivity contribution is -0.128. The van der Waals surface area contributed by atoms with Crippen molar-refractivity contribution < 1.29 is 27.5 Å². The van der Waals surface area contributed by atoms with Crippen LogP contribution in [0.2, 0.25) is 5.02 Å². The number of rotatable bonds is 10. The topological polar surface area (TPSA) is 105 Å². The molecule has 4 aromatic rings. The van der Waals surface area contributed by atoms with Gasteiger partial charge in [-0.3, -0.25) is 13.9 Å². The summed E-state index contributed by atoms with van der Waals surface area (Å²) in [5.74, 6) is -0.435. The van der Waals surface area contributed by atoms with Crippen LogP contribution >= 0.6 is 11.6 Å². The van der Waals surface area contributed by atoms with Crippen molar-refractivity contribution in [1.82, 2.24) is 5.32 Å². The third kappa shape index (κ3) is 6.82. The highest BCUT2D eigenvalue weighted by Gasteiger charge is 2.37. The fourth-order valence-electron chi connectivity index (χ4n) is 4.93. The number of anilines is 2. The number of amides is 2. The van der Waals surface area contributed by atoms with Crippen LogP contribution in [-0.4, -0.2) is 53.1 Å². The van der Waals surface area contributed by atoms with Gasteiger partial charge in [0, 0.05) is 11.6 Å². The van der Waals surface area contributed by atoms with E-state index in [4.69, 9.17) is 21.1 Å². The number of nitrogens with one attached hydrogen (secondary N) is 1. The summed E-state index contributed by atoms with van der Waals surface area (Å²) in [6, 6.07) is 27.6. The van der Waals surface area contributed by atoms with E-state index < -0.39 is 28.6 Å². The number of halogens is 1. The number of para-hydroxylation sites is 2. The molecule has 1 heterocycles. The van der Waals surface area contributed by atoms with Crippen LogP contribution in [0.15, 0.2) is 102 Å². The molecule has 0 saturated heterocycles. The molecule has 2 amide bonds. The number of carbonyl (C=O) groups is 2. The summed E-state index contributed by atoms with van der Waals surface area (Å²) in [5.41, 5.74) is 2.46. The molecular weight excluding hydrogens is 602 g/mol. The van der Waals surface area contributed by atoms with E-state index in [0.717, 1.165) is 9.87 Å². The molecule has 44 heavy (non-hydrogen) atoms. The molecule has 0 saturated carbocycles. The SMILES string of the molecule is COc1ccc(C)cc1S(=O)(=O)N(CC(=O)N1C[C@H](C(=O)NCCc2ccccc2)Oc2ccccc21)c1ccc(Cl)cc1. The molecule has 1 atom stereocenters. The van der Waals surface area contributed by atoms with Crippen molar-refractivity contribution >= 4 is 44.8 Å². The fraction of sp³-hybridized carbons (Fsp3) is 0.212. The summed E-state index contributed by atoms with van der Waals surface area (Å²) < 4.78 is 40.7. The molecule has 5 rings (SSSR count). The summed E-state index contributed by atoms with van der Waals surface area (Å²) in [4.78, 5) is 28.5. The minimum atomic E-state index is -4.30. The molecule has 1 N–H and O–H groups in total. The normalized spacial score (nSPS) is 14.2. The Morgan fingerprint density at radius 2 is 1.70 bits per heavy atom. The van der Waals surface area contributed by atoms with Gasteiger partial charge < -0.3 is 19.7 Å². The van der Waals surface area contributed by atoms with Gasteiger partial charge in [0.1, 0.15) is 22.9 Å². The molecule has 1 aliphatic heterocycles. The van der Waals surface area contributed by atoms with Gasteiger partial charge >= 0.3 is 0 Å². The van der Waals surface area contributed by atoms with Gasteiger partial charge in [-0.15, -0.1) is 0 Å². The van der Waals surface area contributed by atoms with Crippen LogP contribution < -0.4 is 24.0 Å². The van der Waals surface area contributed by atoms with Gasteiger partial charge in [0.2, 0.25) is 5.91 Å². The minimum Gasteiger partial charge on any atom is -0.495 e. The lowest BCUT2D eigenvalue weighted by Gasteiger charge is -2.35.